The Bertz CT molecular complexity index is 1580. The number of ether oxygens (including phenoxy) is 13. The van der Waals surface area contributed by atoms with E-state index in [1.165, 1.54) is 29.8 Å². The third-order valence-corrected chi connectivity index (χ3v) is 11.3. The lowest BCUT2D eigenvalue weighted by Gasteiger charge is -2.27. The second kappa shape index (κ2) is 43.6. The van der Waals surface area contributed by atoms with Gasteiger partial charge in [-0.15, -0.1) is 0 Å². The number of piperidine rings is 1. The van der Waals surface area contributed by atoms with Crippen molar-refractivity contribution in [1.29, 1.82) is 0 Å². The number of hydrogen-bond acceptors (Lipinski definition) is 18. The Hall–Kier alpha value is -2.82. The van der Waals surface area contributed by atoms with Crippen molar-refractivity contribution in [3.63, 3.8) is 0 Å². The van der Waals surface area contributed by atoms with E-state index in [1.54, 1.807) is 12.1 Å². The summed E-state index contributed by atoms with van der Waals surface area (Å²) in [5.41, 5.74) is 0.378. The maximum absolute atomic E-state index is 13.2. The van der Waals surface area contributed by atoms with Crippen LogP contribution in [0.2, 0.25) is 0 Å². The average molecular weight is 1130 g/mol. The number of nitrogens with zero attached hydrogens (tertiary/aromatic N) is 1. The number of hydrogen-bond donors (Lipinski definition) is 2. The molecule has 1 aromatic carbocycles. The third kappa shape index (κ3) is 30.2. The van der Waals surface area contributed by atoms with Gasteiger partial charge in [-0.2, -0.15) is 0 Å². The average Bonchev–Trinajstić information content (AvgIpc) is 3.62. The van der Waals surface area contributed by atoms with Crippen molar-refractivity contribution < 1.29 is 85.6 Å². The lowest BCUT2D eigenvalue weighted by atomic mass is 10.0. The Morgan fingerprint density at radius 2 is 0.859 bits per heavy atom. The molecule has 1 unspecified atom stereocenters. The number of halogens is 1. The number of carbonyl (C=O) groups is 5. The summed E-state index contributed by atoms with van der Waals surface area (Å²) in [6, 6.07) is 3.53. The van der Waals surface area contributed by atoms with E-state index < -0.39 is 29.7 Å². The molecule has 2 heterocycles. The van der Waals surface area contributed by atoms with Crippen LogP contribution in [-0.2, 0) is 76.0 Å². The quantitative estimate of drug-likeness (QED) is 0.0409. The van der Waals surface area contributed by atoms with E-state index in [9.17, 15) is 24.0 Å². The van der Waals surface area contributed by atoms with E-state index in [0.717, 1.165) is 30.8 Å². The maximum Gasteiger partial charge on any atom is 0.264 e. The number of imide groups is 2. The van der Waals surface area contributed by atoms with Crippen LogP contribution >= 0.6 is 22.6 Å². The second-order valence-corrected chi connectivity index (χ2v) is 17.2. The molecule has 406 valence electrons. The van der Waals surface area contributed by atoms with Crippen molar-refractivity contribution >= 4 is 57.8 Å². The van der Waals surface area contributed by atoms with Gasteiger partial charge in [-0.05, 0) is 48.7 Å². The number of unbranched alkanes of at least 4 members (excludes halogenated alkanes) is 5. The summed E-state index contributed by atoms with van der Waals surface area (Å²) < 4.78 is 73.1. The number of rotatable bonds is 50. The van der Waals surface area contributed by atoms with Crippen molar-refractivity contribution in [3.8, 4) is 0 Å². The zero-order valence-corrected chi connectivity index (χ0v) is 43.8. The molecular formula is C49H80IN3O18. The molecule has 1 atom stereocenters. The van der Waals surface area contributed by atoms with Crippen molar-refractivity contribution in [3.05, 3.63) is 29.3 Å². The van der Waals surface area contributed by atoms with Crippen LogP contribution in [0.1, 0.15) is 84.9 Å². The molecule has 5 amide bonds. The molecule has 71 heavy (non-hydrogen) atoms. The summed E-state index contributed by atoms with van der Waals surface area (Å²) in [6.07, 6.45) is 7.37. The predicted molar refractivity (Wildman–Crippen MR) is 268 cm³/mol. The normalized spacial score (nSPS) is 14.7. The Labute approximate surface area is 433 Å². The monoisotopic (exact) mass is 1130 g/mol. The number of carbonyl (C=O) groups excluding carboxylic acids is 5. The van der Waals surface area contributed by atoms with Crippen molar-refractivity contribution in [2.45, 2.75) is 70.3 Å². The highest BCUT2D eigenvalue weighted by Crippen LogP contribution is 2.32. The molecule has 3 rings (SSSR count). The van der Waals surface area contributed by atoms with E-state index in [1.807, 2.05) is 0 Å². The maximum atomic E-state index is 13.2. The van der Waals surface area contributed by atoms with Gasteiger partial charge >= 0.3 is 0 Å². The van der Waals surface area contributed by atoms with Gasteiger partial charge in [0.25, 0.3) is 11.8 Å². The number of amides is 5. The van der Waals surface area contributed by atoms with Gasteiger partial charge in [-0.25, -0.2) is 0 Å². The fourth-order valence-electron chi connectivity index (χ4n) is 6.89. The summed E-state index contributed by atoms with van der Waals surface area (Å²) in [5.74, 6) is -2.72. The van der Waals surface area contributed by atoms with E-state index >= 15 is 0 Å². The lowest BCUT2D eigenvalue weighted by molar-refractivity contribution is -0.136. The Balaban J connectivity index is 0.941. The first-order chi connectivity index (χ1) is 34.9. The Morgan fingerprint density at radius 3 is 1.24 bits per heavy atom. The summed E-state index contributed by atoms with van der Waals surface area (Å²) in [5, 5.41) is 4.91. The molecule has 21 nitrogen and oxygen atoms in total. The molecule has 0 aromatic heterocycles. The molecule has 2 N–H and O–H groups in total. The minimum absolute atomic E-state index is 0.0262. The molecule has 0 bridgehead atoms. The number of fused-ring (bicyclic) bond motifs is 1. The zero-order chi connectivity index (χ0) is 50.7. The second-order valence-electron chi connectivity index (χ2n) is 16.1. The molecule has 2 aliphatic heterocycles. The molecule has 1 saturated heterocycles. The number of nitrogens with one attached hydrogen (secondary N) is 2. The van der Waals surface area contributed by atoms with Gasteiger partial charge in [0.05, 0.1) is 175 Å². The highest BCUT2D eigenvalue weighted by Gasteiger charge is 2.45. The third-order valence-electron chi connectivity index (χ3n) is 10.6. The topological polar surface area (TPSA) is 233 Å². The van der Waals surface area contributed by atoms with E-state index in [4.69, 9.17) is 61.6 Å². The first-order valence-corrected chi connectivity index (χ1v) is 26.7. The Kier molecular flexibility index (Phi) is 38.3. The molecule has 1 aromatic rings. The summed E-state index contributed by atoms with van der Waals surface area (Å²) in [4.78, 5) is 63.7. The molecule has 0 radical (unpaired) electrons. The smallest absolute Gasteiger partial charge is 0.264 e. The van der Waals surface area contributed by atoms with E-state index in [0.29, 0.717) is 172 Å². The van der Waals surface area contributed by atoms with Gasteiger partial charge in [0.15, 0.2) is 0 Å². The highest BCUT2D eigenvalue weighted by atomic mass is 127. The molecule has 2 aliphatic rings. The largest absolute Gasteiger partial charge is 0.379 e. The number of anilines is 1. The molecule has 0 saturated carbocycles. The first-order valence-electron chi connectivity index (χ1n) is 25.1. The summed E-state index contributed by atoms with van der Waals surface area (Å²) >= 11 is 2.42. The minimum atomic E-state index is -1.08. The van der Waals surface area contributed by atoms with Gasteiger partial charge in [0.1, 0.15) is 6.04 Å². The van der Waals surface area contributed by atoms with Crippen molar-refractivity contribution in [2.75, 3.05) is 182 Å². The van der Waals surface area contributed by atoms with Crippen LogP contribution < -0.4 is 10.6 Å². The van der Waals surface area contributed by atoms with Gasteiger partial charge < -0.3 is 66.9 Å². The molecular weight excluding hydrogens is 1050 g/mol. The lowest BCUT2D eigenvalue weighted by Crippen LogP contribution is -2.54. The summed E-state index contributed by atoms with van der Waals surface area (Å²) in [7, 11) is 0. The predicted octanol–water partition coefficient (Wildman–Crippen LogP) is 3.80. The van der Waals surface area contributed by atoms with Crippen LogP contribution in [0.3, 0.4) is 0 Å². The van der Waals surface area contributed by atoms with Crippen LogP contribution in [0.15, 0.2) is 18.2 Å². The van der Waals surface area contributed by atoms with Crippen LogP contribution in [0.5, 0.6) is 0 Å². The standard InChI is InChI=1S/C49H80IN3O18/c50-14-5-1-2-6-15-59-17-19-61-21-23-63-25-27-65-29-31-67-33-35-69-37-39-71-40-38-70-36-34-68-32-30-66-28-26-64-24-22-62-20-18-60-16-7-3-4-11-44(54)51-42-10-8-9-41-46(42)49(58)53(48(41)57)43-12-13-45(55)52-47(43)56/h8-10,43H,1-7,11-40H2,(H,51,54)(H,52,55,56). The van der Waals surface area contributed by atoms with Crippen LogP contribution in [-0.4, -0.2) is 217 Å². The van der Waals surface area contributed by atoms with Crippen molar-refractivity contribution in [2.24, 2.45) is 0 Å². The zero-order valence-electron chi connectivity index (χ0n) is 41.6. The van der Waals surface area contributed by atoms with Gasteiger partial charge in [0.2, 0.25) is 17.7 Å². The van der Waals surface area contributed by atoms with Gasteiger partial charge in [-0.3, -0.25) is 34.2 Å². The number of benzene rings is 1. The van der Waals surface area contributed by atoms with Gasteiger partial charge in [0, 0.05) is 26.1 Å². The van der Waals surface area contributed by atoms with E-state index in [-0.39, 0.29) is 42.0 Å². The molecule has 1 fully saturated rings. The van der Waals surface area contributed by atoms with E-state index in [2.05, 4.69) is 33.2 Å². The van der Waals surface area contributed by atoms with Crippen LogP contribution in [0, 0.1) is 0 Å². The van der Waals surface area contributed by atoms with Crippen LogP contribution in [0.25, 0.3) is 0 Å². The molecule has 22 heteroatoms. The minimum Gasteiger partial charge on any atom is -0.379 e. The fraction of sp³-hybridized carbons (Fsp3) is 0.776. The number of alkyl halides is 1. The first kappa shape index (κ1) is 62.5. The SMILES string of the molecule is O=C1CCC(N2C(=O)c3cccc(NC(=O)CCCCCOCCOCCOCCOCCOCCOCCOCCOCCOCCOCCOCCOCCOCCCCCCI)c3C2=O)C(=O)N1. The highest BCUT2D eigenvalue weighted by molar-refractivity contribution is 14.1. The summed E-state index contributed by atoms with van der Waals surface area (Å²) in [6.45, 7) is 13.2. The van der Waals surface area contributed by atoms with Crippen LogP contribution in [0.4, 0.5) is 5.69 Å². The molecule has 0 aliphatic carbocycles. The molecule has 0 spiro atoms. The van der Waals surface area contributed by atoms with Gasteiger partial charge in [-0.1, -0.05) is 47.9 Å². The fourth-order valence-corrected chi connectivity index (χ4v) is 7.43. The Morgan fingerprint density at radius 1 is 0.493 bits per heavy atom. The van der Waals surface area contributed by atoms with Crippen molar-refractivity contribution in [1.82, 2.24) is 10.2 Å².